The number of rotatable bonds is 6. The molecule has 1 rings (SSSR count). The largest absolute Gasteiger partial charge is 0.496 e. The van der Waals surface area contributed by atoms with Gasteiger partial charge in [-0.2, -0.15) is 0 Å². The summed E-state index contributed by atoms with van der Waals surface area (Å²) >= 11 is 1.63. The number of thioether (sulfide) groups is 1. The highest BCUT2D eigenvalue weighted by molar-refractivity contribution is 7.99. The van der Waals surface area contributed by atoms with Crippen molar-refractivity contribution in [3.63, 3.8) is 0 Å². The lowest BCUT2D eigenvalue weighted by Gasteiger charge is -2.11. The van der Waals surface area contributed by atoms with Gasteiger partial charge in [-0.15, -0.1) is 11.8 Å². The van der Waals surface area contributed by atoms with E-state index in [9.17, 15) is 10.1 Å². The van der Waals surface area contributed by atoms with Crippen molar-refractivity contribution in [3.05, 3.63) is 34.0 Å². The first kappa shape index (κ1) is 14.4. The van der Waals surface area contributed by atoms with E-state index in [0.29, 0.717) is 17.1 Å². The fraction of sp³-hybridized carbons (Fsp3) is 0.333. The highest BCUT2D eigenvalue weighted by Crippen LogP contribution is 2.36. The average Bonchev–Trinajstić information content (AvgIpc) is 2.36. The van der Waals surface area contributed by atoms with E-state index < -0.39 is 4.92 Å². The van der Waals surface area contributed by atoms with E-state index in [0.717, 1.165) is 16.8 Å². The normalized spacial score (nSPS) is 10.6. The van der Waals surface area contributed by atoms with Gasteiger partial charge in [0.25, 0.3) is 0 Å². The van der Waals surface area contributed by atoms with E-state index in [2.05, 4.69) is 0 Å². The van der Waals surface area contributed by atoms with Gasteiger partial charge < -0.3 is 9.47 Å². The molecule has 1 aromatic carbocycles. The minimum atomic E-state index is -0.513. The van der Waals surface area contributed by atoms with E-state index in [1.54, 1.807) is 24.9 Å². The molecule has 0 bridgehead atoms. The van der Waals surface area contributed by atoms with Crippen molar-refractivity contribution in [2.45, 2.75) is 11.8 Å². The van der Waals surface area contributed by atoms with Crippen LogP contribution in [0.4, 0.5) is 0 Å². The predicted molar refractivity (Wildman–Crippen MR) is 72.0 cm³/mol. The highest BCUT2D eigenvalue weighted by atomic mass is 32.2. The maximum Gasteiger partial charge on any atom is 0.235 e. The van der Waals surface area contributed by atoms with Crippen LogP contribution < -0.4 is 9.47 Å². The van der Waals surface area contributed by atoms with Crippen LogP contribution in [0.3, 0.4) is 0 Å². The molecule has 0 saturated heterocycles. The Hall–Kier alpha value is -1.69. The quantitative estimate of drug-likeness (QED) is 0.451. The first-order valence-corrected chi connectivity index (χ1v) is 6.31. The summed E-state index contributed by atoms with van der Waals surface area (Å²) in [5, 5.41) is 10.3. The van der Waals surface area contributed by atoms with Gasteiger partial charge in [0.05, 0.1) is 24.0 Å². The molecule has 5 nitrogen and oxygen atoms in total. The molecule has 18 heavy (non-hydrogen) atoms. The van der Waals surface area contributed by atoms with Crippen LogP contribution >= 0.6 is 11.8 Å². The zero-order valence-electron chi connectivity index (χ0n) is 10.5. The number of nitrogens with zero attached hydrogens (tertiary/aromatic N) is 1. The molecule has 6 heteroatoms. The zero-order chi connectivity index (χ0) is 13.5. The lowest BCUT2D eigenvalue weighted by Crippen LogP contribution is -1.93. The second-order valence-electron chi connectivity index (χ2n) is 3.28. The molecule has 0 fully saturated rings. The van der Waals surface area contributed by atoms with E-state index >= 15 is 0 Å². The van der Waals surface area contributed by atoms with Gasteiger partial charge in [0.2, 0.25) is 6.20 Å². The molecule has 0 aromatic heterocycles. The minimum Gasteiger partial charge on any atom is -0.496 e. The van der Waals surface area contributed by atoms with Crippen LogP contribution in [-0.4, -0.2) is 24.9 Å². The van der Waals surface area contributed by atoms with Gasteiger partial charge in [-0.1, -0.05) is 6.92 Å². The predicted octanol–water partition coefficient (Wildman–Crippen LogP) is 3.06. The molecular formula is C12H15NO4S. The summed E-state index contributed by atoms with van der Waals surface area (Å²) in [5.74, 6) is 2.18. The molecule has 0 heterocycles. The number of ether oxygens (including phenoxy) is 2. The van der Waals surface area contributed by atoms with Crippen molar-refractivity contribution in [3.8, 4) is 11.5 Å². The molecule has 0 atom stereocenters. The maximum absolute atomic E-state index is 10.3. The SMILES string of the molecule is CCSc1cc(OC)c(C=C[N+](=O)[O-])cc1OC. The van der Waals surface area contributed by atoms with Crippen molar-refractivity contribution in [1.29, 1.82) is 0 Å². The Kier molecular flexibility index (Phi) is 5.51. The molecule has 0 aliphatic carbocycles. The summed E-state index contributed by atoms with van der Waals surface area (Å²) in [6.45, 7) is 2.04. The van der Waals surface area contributed by atoms with Gasteiger partial charge in [-0.3, -0.25) is 10.1 Å². The number of hydrogen-bond acceptors (Lipinski definition) is 5. The Morgan fingerprint density at radius 3 is 2.50 bits per heavy atom. The standard InChI is InChI=1S/C12H15NO4S/c1-4-18-12-8-10(16-2)9(5-6-13(14)15)7-11(12)17-3/h5-8H,4H2,1-3H3. The Morgan fingerprint density at radius 2 is 2.00 bits per heavy atom. The lowest BCUT2D eigenvalue weighted by atomic mass is 10.2. The van der Waals surface area contributed by atoms with Crippen molar-refractivity contribution < 1.29 is 14.4 Å². The van der Waals surface area contributed by atoms with Crippen molar-refractivity contribution in [1.82, 2.24) is 0 Å². The summed E-state index contributed by atoms with van der Waals surface area (Å²) in [6.07, 6.45) is 2.27. The summed E-state index contributed by atoms with van der Waals surface area (Å²) in [5.41, 5.74) is 0.617. The second-order valence-corrected chi connectivity index (χ2v) is 4.58. The summed E-state index contributed by atoms with van der Waals surface area (Å²) in [4.78, 5) is 10.8. The molecule has 1 aromatic rings. The number of hydrogen-bond donors (Lipinski definition) is 0. The lowest BCUT2D eigenvalue weighted by molar-refractivity contribution is -0.400. The van der Waals surface area contributed by atoms with Crippen LogP contribution in [0.5, 0.6) is 11.5 Å². The topological polar surface area (TPSA) is 61.6 Å². The number of benzene rings is 1. The van der Waals surface area contributed by atoms with Crippen molar-refractivity contribution in [2.24, 2.45) is 0 Å². The van der Waals surface area contributed by atoms with E-state index in [1.807, 2.05) is 13.0 Å². The van der Waals surface area contributed by atoms with Gasteiger partial charge in [0, 0.05) is 11.6 Å². The van der Waals surface area contributed by atoms with Crippen LogP contribution in [0.25, 0.3) is 6.08 Å². The van der Waals surface area contributed by atoms with Crippen LogP contribution in [0.1, 0.15) is 12.5 Å². The smallest absolute Gasteiger partial charge is 0.235 e. The van der Waals surface area contributed by atoms with Gasteiger partial charge in [0.1, 0.15) is 11.5 Å². The van der Waals surface area contributed by atoms with E-state index in [4.69, 9.17) is 9.47 Å². The molecule has 0 unspecified atom stereocenters. The summed E-state index contributed by atoms with van der Waals surface area (Å²) < 4.78 is 10.5. The Morgan fingerprint density at radius 1 is 1.33 bits per heavy atom. The highest BCUT2D eigenvalue weighted by Gasteiger charge is 2.10. The van der Waals surface area contributed by atoms with Crippen LogP contribution in [-0.2, 0) is 0 Å². The van der Waals surface area contributed by atoms with E-state index in [-0.39, 0.29) is 0 Å². The van der Waals surface area contributed by atoms with Gasteiger partial charge in [-0.05, 0) is 17.9 Å². The Balaban J connectivity index is 3.21. The first-order valence-electron chi connectivity index (χ1n) is 5.32. The molecule has 0 N–H and O–H groups in total. The fourth-order valence-electron chi connectivity index (χ4n) is 1.43. The maximum atomic E-state index is 10.3. The number of nitro groups is 1. The first-order chi connectivity index (χ1) is 8.62. The molecule has 98 valence electrons. The number of methoxy groups -OCH3 is 2. The zero-order valence-corrected chi connectivity index (χ0v) is 11.3. The van der Waals surface area contributed by atoms with Crippen LogP contribution in [0, 0.1) is 10.1 Å². The van der Waals surface area contributed by atoms with Crippen LogP contribution in [0.2, 0.25) is 0 Å². The summed E-state index contributed by atoms with van der Waals surface area (Å²) in [7, 11) is 3.11. The molecule has 0 radical (unpaired) electrons. The molecule has 0 spiro atoms. The monoisotopic (exact) mass is 269 g/mol. The van der Waals surface area contributed by atoms with Crippen LogP contribution in [0.15, 0.2) is 23.2 Å². The fourth-order valence-corrected chi connectivity index (χ4v) is 2.22. The van der Waals surface area contributed by atoms with Crippen molar-refractivity contribution in [2.75, 3.05) is 20.0 Å². The Bertz CT molecular complexity index is 460. The molecule has 0 saturated carbocycles. The van der Waals surface area contributed by atoms with Gasteiger partial charge in [0.15, 0.2) is 0 Å². The Labute approximate surface area is 110 Å². The van der Waals surface area contributed by atoms with E-state index in [1.165, 1.54) is 13.2 Å². The molecule has 0 aliphatic rings. The third-order valence-electron chi connectivity index (χ3n) is 2.19. The van der Waals surface area contributed by atoms with Gasteiger partial charge >= 0.3 is 0 Å². The second kappa shape index (κ2) is 6.90. The molecule has 0 amide bonds. The third-order valence-corrected chi connectivity index (χ3v) is 3.11. The third kappa shape index (κ3) is 3.66. The minimum absolute atomic E-state index is 0.513. The summed E-state index contributed by atoms with van der Waals surface area (Å²) in [6, 6.07) is 3.56. The van der Waals surface area contributed by atoms with Gasteiger partial charge in [-0.25, -0.2) is 0 Å². The molecule has 0 aliphatic heterocycles. The van der Waals surface area contributed by atoms with Crippen molar-refractivity contribution >= 4 is 17.8 Å². The average molecular weight is 269 g/mol. The molecular weight excluding hydrogens is 254 g/mol.